The molecule has 0 radical (unpaired) electrons. The molecule has 0 saturated carbocycles. The first-order valence-corrected chi connectivity index (χ1v) is 6.87. The Bertz CT molecular complexity index is 236. The largest absolute Gasteiger partial charge is 0.396 e. The van der Waals surface area contributed by atoms with Crippen LogP contribution in [0, 0.1) is 11.3 Å². The van der Waals surface area contributed by atoms with Gasteiger partial charge >= 0.3 is 0 Å². The summed E-state index contributed by atoms with van der Waals surface area (Å²) in [4.78, 5) is 11.6. The lowest BCUT2D eigenvalue weighted by molar-refractivity contribution is -0.121. The predicted molar refractivity (Wildman–Crippen MR) is 75.2 cm³/mol. The van der Waals surface area contributed by atoms with E-state index in [-0.39, 0.29) is 24.0 Å². The molecule has 0 aromatic rings. The van der Waals surface area contributed by atoms with Gasteiger partial charge in [-0.1, -0.05) is 27.7 Å². The first kappa shape index (κ1) is 17.4. The monoisotopic (exact) mass is 258 g/mol. The molecule has 0 aliphatic heterocycles. The Kier molecular flexibility index (Phi) is 8.20. The smallest absolute Gasteiger partial charge is 0.221 e. The lowest BCUT2D eigenvalue weighted by Crippen LogP contribution is -2.34. The van der Waals surface area contributed by atoms with Crippen molar-refractivity contribution in [3.63, 3.8) is 0 Å². The second kappa shape index (κ2) is 8.48. The third-order valence-corrected chi connectivity index (χ3v) is 2.83. The van der Waals surface area contributed by atoms with Crippen LogP contribution in [0.3, 0.4) is 0 Å². The molecule has 0 aromatic heterocycles. The maximum Gasteiger partial charge on any atom is 0.221 e. The number of hydrogen-bond donors (Lipinski definition) is 3. The Morgan fingerprint density at radius 1 is 1.39 bits per heavy atom. The van der Waals surface area contributed by atoms with Gasteiger partial charge in [0.05, 0.1) is 0 Å². The fourth-order valence-corrected chi connectivity index (χ4v) is 1.94. The molecule has 0 fully saturated rings. The summed E-state index contributed by atoms with van der Waals surface area (Å²) in [6.45, 7) is 9.26. The highest BCUT2D eigenvalue weighted by Crippen LogP contribution is 2.20. The summed E-state index contributed by atoms with van der Waals surface area (Å²) in [6, 6.07) is -0.0682. The second-order valence-electron chi connectivity index (χ2n) is 6.51. The summed E-state index contributed by atoms with van der Waals surface area (Å²) in [5.74, 6) is 0.341. The average Bonchev–Trinajstić information content (AvgIpc) is 2.21. The summed E-state index contributed by atoms with van der Waals surface area (Å²) >= 11 is 0. The van der Waals surface area contributed by atoms with E-state index in [9.17, 15) is 4.79 Å². The van der Waals surface area contributed by atoms with Crippen LogP contribution in [-0.4, -0.2) is 30.2 Å². The van der Waals surface area contributed by atoms with Crippen LogP contribution in [0.2, 0.25) is 0 Å². The molecule has 0 aliphatic carbocycles. The summed E-state index contributed by atoms with van der Waals surface area (Å²) in [5, 5.41) is 11.7. The van der Waals surface area contributed by atoms with Crippen molar-refractivity contribution < 1.29 is 9.90 Å². The van der Waals surface area contributed by atoms with Gasteiger partial charge in [0.25, 0.3) is 0 Å². The van der Waals surface area contributed by atoms with E-state index in [1.807, 2.05) is 6.92 Å². The molecular weight excluding hydrogens is 228 g/mol. The minimum atomic E-state index is -0.0682. The number of aliphatic hydroxyl groups is 1. The lowest BCUT2D eigenvalue weighted by Gasteiger charge is -2.22. The van der Waals surface area contributed by atoms with Gasteiger partial charge in [0.1, 0.15) is 0 Å². The van der Waals surface area contributed by atoms with Crippen LogP contribution in [-0.2, 0) is 4.79 Å². The molecule has 0 aliphatic rings. The van der Waals surface area contributed by atoms with E-state index in [2.05, 4.69) is 26.1 Å². The van der Waals surface area contributed by atoms with E-state index in [0.717, 1.165) is 19.3 Å². The summed E-state index contributed by atoms with van der Waals surface area (Å²) in [6.07, 6.45) is 3.08. The molecule has 0 aromatic carbocycles. The zero-order valence-corrected chi connectivity index (χ0v) is 12.3. The Hall–Kier alpha value is -0.610. The molecule has 4 nitrogen and oxygen atoms in total. The Morgan fingerprint density at radius 2 is 2.00 bits per heavy atom. The van der Waals surface area contributed by atoms with Crippen LogP contribution in [0.4, 0.5) is 0 Å². The van der Waals surface area contributed by atoms with Crippen LogP contribution in [0.5, 0.6) is 0 Å². The van der Waals surface area contributed by atoms with Crippen molar-refractivity contribution in [3.8, 4) is 0 Å². The Morgan fingerprint density at radius 3 is 2.50 bits per heavy atom. The van der Waals surface area contributed by atoms with Crippen molar-refractivity contribution in [1.82, 2.24) is 5.32 Å². The van der Waals surface area contributed by atoms with Gasteiger partial charge in [0.2, 0.25) is 5.91 Å². The molecule has 108 valence electrons. The van der Waals surface area contributed by atoms with Crippen molar-refractivity contribution in [2.75, 3.05) is 13.2 Å². The predicted octanol–water partition coefficient (Wildman–Crippen LogP) is 1.66. The SMILES string of the molecule is CC(CO)CCCNC(=O)CC(N)CC(C)(C)C. The van der Waals surface area contributed by atoms with E-state index in [1.54, 1.807) is 0 Å². The molecule has 0 rings (SSSR count). The molecule has 4 heteroatoms. The number of nitrogens with one attached hydrogen (secondary N) is 1. The third-order valence-electron chi connectivity index (χ3n) is 2.83. The zero-order valence-electron chi connectivity index (χ0n) is 12.3. The zero-order chi connectivity index (χ0) is 14.2. The van der Waals surface area contributed by atoms with Crippen molar-refractivity contribution >= 4 is 5.91 Å². The standard InChI is InChI=1S/C14H30N2O2/c1-11(10-17)6-5-7-16-13(18)8-12(15)9-14(2,3)4/h11-12,17H,5-10,15H2,1-4H3,(H,16,18). The van der Waals surface area contributed by atoms with E-state index in [1.165, 1.54) is 0 Å². The van der Waals surface area contributed by atoms with Crippen LogP contribution in [0.25, 0.3) is 0 Å². The summed E-state index contributed by atoms with van der Waals surface area (Å²) in [5.41, 5.74) is 6.10. The van der Waals surface area contributed by atoms with Crippen LogP contribution in [0.15, 0.2) is 0 Å². The van der Waals surface area contributed by atoms with Gasteiger partial charge in [0.15, 0.2) is 0 Å². The van der Waals surface area contributed by atoms with Gasteiger partial charge in [-0.15, -0.1) is 0 Å². The number of amides is 1. The van der Waals surface area contributed by atoms with Crippen LogP contribution >= 0.6 is 0 Å². The number of carbonyl (C=O) groups excluding carboxylic acids is 1. The van der Waals surface area contributed by atoms with Crippen molar-refractivity contribution in [1.29, 1.82) is 0 Å². The van der Waals surface area contributed by atoms with Crippen molar-refractivity contribution in [2.24, 2.45) is 17.1 Å². The molecule has 2 atom stereocenters. The van der Waals surface area contributed by atoms with Crippen molar-refractivity contribution in [2.45, 2.75) is 59.4 Å². The maximum atomic E-state index is 11.6. The first-order chi connectivity index (χ1) is 8.24. The highest BCUT2D eigenvalue weighted by atomic mass is 16.3. The number of carbonyl (C=O) groups is 1. The van der Waals surface area contributed by atoms with Gasteiger partial charge in [-0.05, 0) is 30.6 Å². The number of rotatable bonds is 8. The fourth-order valence-electron chi connectivity index (χ4n) is 1.94. The first-order valence-electron chi connectivity index (χ1n) is 6.87. The van der Waals surface area contributed by atoms with Crippen molar-refractivity contribution in [3.05, 3.63) is 0 Å². The Labute approximate surface area is 111 Å². The molecule has 18 heavy (non-hydrogen) atoms. The summed E-state index contributed by atoms with van der Waals surface area (Å²) < 4.78 is 0. The van der Waals surface area contributed by atoms with Gasteiger partial charge in [-0.25, -0.2) is 0 Å². The van der Waals surface area contributed by atoms with Crippen LogP contribution in [0.1, 0.15) is 53.4 Å². The van der Waals surface area contributed by atoms with Gasteiger partial charge in [0, 0.05) is 25.6 Å². The summed E-state index contributed by atoms with van der Waals surface area (Å²) in [7, 11) is 0. The number of aliphatic hydroxyl groups excluding tert-OH is 1. The molecule has 0 bridgehead atoms. The van der Waals surface area contributed by atoms with E-state index >= 15 is 0 Å². The molecule has 2 unspecified atom stereocenters. The third kappa shape index (κ3) is 10.5. The minimum absolute atomic E-state index is 0.0309. The van der Waals surface area contributed by atoms with Crippen LogP contribution < -0.4 is 11.1 Å². The second-order valence-corrected chi connectivity index (χ2v) is 6.51. The topological polar surface area (TPSA) is 75.3 Å². The normalized spacial score (nSPS) is 15.2. The molecule has 0 heterocycles. The molecule has 0 saturated heterocycles. The lowest BCUT2D eigenvalue weighted by atomic mass is 9.87. The van der Waals surface area contributed by atoms with E-state index in [0.29, 0.717) is 18.9 Å². The molecular formula is C14H30N2O2. The van der Waals surface area contributed by atoms with E-state index < -0.39 is 0 Å². The van der Waals surface area contributed by atoms with Gasteiger partial charge < -0.3 is 16.2 Å². The Balaban J connectivity index is 3.65. The van der Waals surface area contributed by atoms with Gasteiger partial charge in [-0.2, -0.15) is 0 Å². The molecule has 0 spiro atoms. The van der Waals surface area contributed by atoms with E-state index in [4.69, 9.17) is 10.8 Å². The maximum absolute atomic E-state index is 11.6. The highest BCUT2D eigenvalue weighted by molar-refractivity contribution is 5.76. The number of hydrogen-bond acceptors (Lipinski definition) is 3. The minimum Gasteiger partial charge on any atom is -0.396 e. The number of nitrogens with two attached hydrogens (primary N) is 1. The fraction of sp³-hybridized carbons (Fsp3) is 0.929. The highest BCUT2D eigenvalue weighted by Gasteiger charge is 2.17. The average molecular weight is 258 g/mol. The van der Waals surface area contributed by atoms with Gasteiger partial charge in [-0.3, -0.25) is 4.79 Å². The molecule has 4 N–H and O–H groups in total. The molecule has 1 amide bonds. The quantitative estimate of drug-likeness (QED) is 0.580.